The van der Waals surface area contributed by atoms with Crippen molar-refractivity contribution < 1.29 is 0 Å². The van der Waals surface area contributed by atoms with Crippen molar-refractivity contribution in [3.05, 3.63) is 78.3 Å². The molecule has 0 saturated heterocycles. The van der Waals surface area contributed by atoms with Crippen LogP contribution in [0.5, 0.6) is 0 Å². The number of thiazole rings is 1. The van der Waals surface area contributed by atoms with Crippen molar-refractivity contribution in [1.29, 1.82) is 0 Å². The molecule has 0 aliphatic rings. The van der Waals surface area contributed by atoms with E-state index in [0.29, 0.717) is 0 Å². The summed E-state index contributed by atoms with van der Waals surface area (Å²) in [6.45, 7) is 0. The Morgan fingerprint density at radius 3 is 2.48 bits per heavy atom. The van der Waals surface area contributed by atoms with Gasteiger partial charge in [0.05, 0.1) is 26.7 Å². The van der Waals surface area contributed by atoms with Crippen molar-refractivity contribution in [3.63, 3.8) is 0 Å². The zero-order valence-electron chi connectivity index (χ0n) is 14.2. The summed E-state index contributed by atoms with van der Waals surface area (Å²) in [5, 5.41) is 7.34. The van der Waals surface area contributed by atoms with Crippen molar-refractivity contribution in [2.75, 3.05) is 5.32 Å². The quantitative estimate of drug-likeness (QED) is 0.398. The van der Waals surface area contributed by atoms with Crippen LogP contribution in [0, 0.1) is 0 Å². The number of rotatable bonds is 4. The standard InChI is InChI=1S/C21H14N4S2/c1-2-6-15-14(5-1)8-11-20(23-15)25-21-24-17(13-26-21)19-10-9-18(27-19)16-7-3-4-12-22-16/h1-13H,(H,23,24,25). The van der Waals surface area contributed by atoms with Crippen LogP contribution in [0.4, 0.5) is 10.9 Å². The largest absolute Gasteiger partial charge is 0.316 e. The molecule has 4 nitrogen and oxygen atoms in total. The molecule has 130 valence electrons. The number of nitrogens with one attached hydrogen (secondary N) is 1. The highest BCUT2D eigenvalue weighted by Gasteiger charge is 2.10. The van der Waals surface area contributed by atoms with E-state index in [1.807, 2.05) is 48.7 Å². The van der Waals surface area contributed by atoms with Gasteiger partial charge in [-0.15, -0.1) is 22.7 Å². The Bertz CT molecular complexity index is 1210. The van der Waals surface area contributed by atoms with Gasteiger partial charge in [0.2, 0.25) is 0 Å². The number of fused-ring (bicyclic) bond motifs is 1. The summed E-state index contributed by atoms with van der Waals surface area (Å²) in [5.41, 5.74) is 2.93. The van der Waals surface area contributed by atoms with Crippen LogP contribution in [0.15, 0.2) is 78.3 Å². The maximum atomic E-state index is 4.72. The van der Waals surface area contributed by atoms with Crippen molar-refractivity contribution >= 4 is 44.5 Å². The van der Waals surface area contributed by atoms with E-state index in [1.54, 1.807) is 22.7 Å². The lowest BCUT2D eigenvalue weighted by molar-refractivity contribution is 1.33. The molecular formula is C21H14N4S2. The first-order valence-corrected chi connectivity index (χ1v) is 10.1. The fourth-order valence-corrected chi connectivity index (χ4v) is 4.55. The Kier molecular flexibility index (Phi) is 4.12. The van der Waals surface area contributed by atoms with Gasteiger partial charge < -0.3 is 5.32 Å². The molecule has 0 spiro atoms. The normalized spacial score (nSPS) is 11.0. The van der Waals surface area contributed by atoms with E-state index >= 15 is 0 Å². The number of anilines is 2. The van der Waals surface area contributed by atoms with E-state index in [1.165, 1.54) is 0 Å². The smallest absolute Gasteiger partial charge is 0.188 e. The minimum absolute atomic E-state index is 0.801. The number of para-hydroxylation sites is 1. The number of hydrogen-bond donors (Lipinski definition) is 1. The van der Waals surface area contributed by atoms with Crippen LogP contribution in [-0.2, 0) is 0 Å². The highest BCUT2D eigenvalue weighted by atomic mass is 32.1. The van der Waals surface area contributed by atoms with Gasteiger partial charge in [0.15, 0.2) is 5.13 Å². The Hall–Kier alpha value is -3.09. The monoisotopic (exact) mass is 386 g/mol. The van der Waals surface area contributed by atoms with Gasteiger partial charge in [0.25, 0.3) is 0 Å². The van der Waals surface area contributed by atoms with Gasteiger partial charge >= 0.3 is 0 Å². The van der Waals surface area contributed by atoms with Crippen LogP contribution in [0.1, 0.15) is 0 Å². The van der Waals surface area contributed by atoms with Crippen molar-refractivity contribution in [2.24, 2.45) is 0 Å². The van der Waals surface area contributed by atoms with Gasteiger partial charge in [-0.2, -0.15) is 0 Å². The summed E-state index contributed by atoms with van der Waals surface area (Å²) < 4.78 is 0. The van der Waals surface area contributed by atoms with Crippen molar-refractivity contribution in [2.45, 2.75) is 0 Å². The SMILES string of the molecule is c1ccc(-c2ccc(-c3csc(Nc4ccc5ccccc5n4)n3)s2)nc1. The molecule has 6 heteroatoms. The number of hydrogen-bond acceptors (Lipinski definition) is 6. The van der Waals surface area contributed by atoms with Gasteiger partial charge in [-0.1, -0.05) is 24.3 Å². The molecule has 0 bridgehead atoms. The maximum absolute atomic E-state index is 4.72. The average Bonchev–Trinajstić information content (AvgIpc) is 3.38. The third-order valence-electron chi connectivity index (χ3n) is 4.11. The summed E-state index contributed by atoms with van der Waals surface area (Å²) in [5.74, 6) is 0.801. The first-order valence-electron chi connectivity index (χ1n) is 8.45. The summed E-state index contributed by atoms with van der Waals surface area (Å²) in [4.78, 5) is 16.1. The summed E-state index contributed by atoms with van der Waals surface area (Å²) in [6.07, 6.45) is 1.82. The lowest BCUT2D eigenvalue weighted by atomic mass is 10.2. The van der Waals surface area contributed by atoms with Crippen LogP contribution in [0.3, 0.4) is 0 Å². The second-order valence-electron chi connectivity index (χ2n) is 5.93. The van der Waals surface area contributed by atoms with Gasteiger partial charge in [0.1, 0.15) is 5.82 Å². The summed E-state index contributed by atoms with van der Waals surface area (Å²) in [7, 11) is 0. The second-order valence-corrected chi connectivity index (χ2v) is 7.87. The number of aromatic nitrogens is 3. The minimum atomic E-state index is 0.801. The predicted molar refractivity (Wildman–Crippen MR) is 114 cm³/mol. The second kappa shape index (κ2) is 6.90. The van der Waals surface area contributed by atoms with Gasteiger partial charge in [0, 0.05) is 17.0 Å². The predicted octanol–water partition coefficient (Wildman–Crippen LogP) is 6.23. The zero-order chi connectivity index (χ0) is 18.1. The number of pyridine rings is 2. The summed E-state index contributed by atoms with van der Waals surface area (Å²) >= 11 is 3.28. The Morgan fingerprint density at radius 1 is 0.741 bits per heavy atom. The summed E-state index contributed by atoms with van der Waals surface area (Å²) in [6, 6.07) is 22.3. The molecule has 0 radical (unpaired) electrons. The zero-order valence-corrected chi connectivity index (χ0v) is 15.8. The first kappa shape index (κ1) is 16.1. The fraction of sp³-hybridized carbons (Fsp3) is 0. The molecule has 0 aliphatic carbocycles. The van der Waals surface area contributed by atoms with Crippen LogP contribution < -0.4 is 5.32 Å². The minimum Gasteiger partial charge on any atom is -0.316 e. The topological polar surface area (TPSA) is 50.7 Å². The van der Waals surface area contributed by atoms with E-state index < -0.39 is 0 Å². The Balaban J connectivity index is 1.39. The number of thiophene rings is 1. The van der Waals surface area contributed by atoms with Crippen molar-refractivity contribution in [3.8, 4) is 21.1 Å². The van der Waals surface area contributed by atoms with Crippen LogP contribution in [0.25, 0.3) is 32.0 Å². The molecule has 0 amide bonds. The molecule has 0 aliphatic heterocycles. The molecule has 5 rings (SSSR count). The molecule has 0 fully saturated rings. The van der Waals surface area contributed by atoms with E-state index in [2.05, 4.69) is 44.9 Å². The molecule has 4 heterocycles. The molecule has 4 aromatic heterocycles. The lowest BCUT2D eigenvalue weighted by Gasteiger charge is -2.03. The van der Waals surface area contributed by atoms with Crippen LogP contribution >= 0.6 is 22.7 Å². The molecule has 1 N–H and O–H groups in total. The van der Waals surface area contributed by atoms with Crippen LogP contribution in [0.2, 0.25) is 0 Å². The molecular weight excluding hydrogens is 372 g/mol. The van der Waals surface area contributed by atoms with Crippen molar-refractivity contribution in [1.82, 2.24) is 15.0 Å². The molecule has 0 saturated carbocycles. The van der Waals surface area contributed by atoms with E-state index in [-0.39, 0.29) is 0 Å². The first-order chi connectivity index (χ1) is 13.3. The van der Waals surface area contributed by atoms with E-state index in [9.17, 15) is 0 Å². The van der Waals surface area contributed by atoms with E-state index in [4.69, 9.17) is 4.98 Å². The van der Waals surface area contributed by atoms with Crippen LogP contribution in [-0.4, -0.2) is 15.0 Å². The molecule has 0 atom stereocenters. The number of nitrogens with zero attached hydrogens (tertiary/aromatic N) is 3. The van der Waals surface area contributed by atoms with Gasteiger partial charge in [-0.25, -0.2) is 9.97 Å². The fourth-order valence-electron chi connectivity index (χ4n) is 2.81. The lowest BCUT2D eigenvalue weighted by Crippen LogP contribution is -1.93. The van der Waals surface area contributed by atoms with Gasteiger partial charge in [-0.05, 0) is 42.5 Å². The molecule has 1 aromatic carbocycles. The van der Waals surface area contributed by atoms with E-state index in [0.717, 1.165) is 43.0 Å². The van der Waals surface area contributed by atoms with Gasteiger partial charge in [-0.3, -0.25) is 4.98 Å². The molecule has 5 aromatic rings. The highest BCUT2D eigenvalue weighted by molar-refractivity contribution is 7.19. The molecule has 27 heavy (non-hydrogen) atoms. The highest BCUT2D eigenvalue weighted by Crippen LogP contribution is 2.35. The number of benzene rings is 1. The third-order valence-corrected chi connectivity index (χ3v) is 6.00. The Labute approximate surface area is 164 Å². The maximum Gasteiger partial charge on any atom is 0.188 e. The Morgan fingerprint density at radius 2 is 1.59 bits per heavy atom. The third kappa shape index (κ3) is 3.32. The molecule has 0 unspecified atom stereocenters. The average molecular weight is 387 g/mol.